The van der Waals surface area contributed by atoms with Gasteiger partial charge < -0.3 is 5.73 Å². The van der Waals surface area contributed by atoms with E-state index in [0.29, 0.717) is 12.3 Å². The van der Waals surface area contributed by atoms with Crippen LogP contribution in [0.15, 0.2) is 0 Å². The summed E-state index contributed by atoms with van der Waals surface area (Å²) in [7, 11) is 0. The predicted octanol–water partition coefficient (Wildman–Crippen LogP) is 2.26. The molecular formula is C11H21NO. The van der Waals surface area contributed by atoms with E-state index in [9.17, 15) is 4.79 Å². The largest absolute Gasteiger partial charge is 0.329 e. The highest BCUT2D eigenvalue weighted by Crippen LogP contribution is 2.41. The first-order valence-corrected chi connectivity index (χ1v) is 5.48. The lowest BCUT2D eigenvalue weighted by Crippen LogP contribution is -2.44. The van der Waals surface area contributed by atoms with Crippen LogP contribution >= 0.6 is 0 Å². The molecule has 0 spiro atoms. The van der Waals surface area contributed by atoms with Gasteiger partial charge in [0.05, 0.1) is 0 Å². The average Bonchev–Trinajstić information content (AvgIpc) is 2.04. The molecule has 76 valence electrons. The zero-order chi connectivity index (χ0) is 9.73. The van der Waals surface area contributed by atoms with Gasteiger partial charge in [0.15, 0.2) is 0 Å². The standard InChI is InChI=1S/C11H21NO/c1-2-3-4-6-10(13)11(9-12)7-5-8-11/h2-9,12H2,1H3. The van der Waals surface area contributed by atoms with Crippen molar-refractivity contribution < 1.29 is 4.79 Å². The summed E-state index contributed by atoms with van der Waals surface area (Å²) < 4.78 is 0. The highest BCUT2D eigenvalue weighted by molar-refractivity contribution is 5.85. The molecule has 1 fully saturated rings. The van der Waals surface area contributed by atoms with Crippen molar-refractivity contribution in [1.29, 1.82) is 0 Å². The van der Waals surface area contributed by atoms with Gasteiger partial charge in [-0.25, -0.2) is 0 Å². The first-order chi connectivity index (χ1) is 6.25. The molecule has 0 unspecified atom stereocenters. The van der Waals surface area contributed by atoms with Crippen LogP contribution in [0.5, 0.6) is 0 Å². The molecule has 0 aromatic heterocycles. The Hall–Kier alpha value is -0.370. The number of rotatable bonds is 6. The van der Waals surface area contributed by atoms with Gasteiger partial charge in [-0.05, 0) is 19.3 Å². The molecule has 1 aliphatic carbocycles. The van der Waals surface area contributed by atoms with E-state index < -0.39 is 0 Å². The summed E-state index contributed by atoms with van der Waals surface area (Å²) in [6.07, 6.45) is 7.43. The summed E-state index contributed by atoms with van der Waals surface area (Å²) in [6.45, 7) is 2.73. The molecule has 13 heavy (non-hydrogen) atoms. The highest BCUT2D eigenvalue weighted by atomic mass is 16.1. The minimum Gasteiger partial charge on any atom is -0.329 e. The van der Waals surface area contributed by atoms with Gasteiger partial charge in [0.2, 0.25) is 0 Å². The molecule has 0 heterocycles. The average molecular weight is 183 g/mol. The zero-order valence-corrected chi connectivity index (χ0v) is 8.64. The first-order valence-electron chi connectivity index (χ1n) is 5.48. The number of unbranched alkanes of at least 4 members (excludes halogenated alkanes) is 2. The van der Waals surface area contributed by atoms with Gasteiger partial charge >= 0.3 is 0 Å². The molecule has 2 nitrogen and oxygen atoms in total. The van der Waals surface area contributed by atoms with Crippen LogP contribution in [0.2, 0.25) is 0 Å². The fourth-order valence-corrected chi connectivity index (χ4v) is 2.00. The lowest BCUT2D eigenvalue weighted by molar-refractivity contribution is -0.132. The van der Waals surface area contributed by atoms with Crippen molar-refractivity contribution in [3.05, 3.63) is 0 Å². The number of hydrogen-bond donors (Lipinski definition) is 1. The second-order valence-corrected chi connectivity index (χ2v) is 4.22. The molecule has 0 aromatic rings. The second kappa shape index (κ2) is 4.75. The van der Waals surface area contributed by atoms with Crippen molar-refractivity contribution in [2.45, 2.75) is 51.9 Å². The number of Topliss-reactive ketones (excluding diaryl/α,β-unsaturated/α-hetero) is 1. The van der Waals surface area contributed by atoms with Crippen molar-refractivity contribution in [3.63, 3.8) is 0 Å². The van der Waals surface area contributed by atoms with E-state index in [1.54, 1.807) is 0 Å². The van der Waals surface area contributed by atoms with Gasteiger partial charge in [0, 0.05) is 18.4 Å². The minimum atomic E-state index is -0.0895. The van der Waals surface area contributed by atoms with Crippen molar-refractivity contribution in [2.24, 2.45) is 11.1 Å². The third-order valence-electron chi connectivity index (χ3n) is 3.30. The van der Waals surface area contributed by atoms with Crippen LogP contribution in [0.25, 0.3) is 0 Å². The quantitative estimate of drug-likeness (QED) is 0.642. The van der Waals surface area contributed by atoms with Gasteiger partial charge in [-0.1, -0.05) is 26.2 Å². The third kappa shape index (κ3) is 2.31. The Morgan fingerprint density at radius 2 is 2.08 bits per heavy atom. The van der Waals surface area contributed by atoms with Crippen LogP contribution in [0.3, 0.4) is 0 Å². The molecule has 0 atom stereocenters. The molecule has 0 saturated heterocycles. The monoisotopic (exact) mass is 183 g/mol. The molecule has 0 bridgehead atoms. The van der Waals surface area contributed by atoms with Crippen LogP contribution in [-0.4, -0.2) is 12.3 Å². The van der Waals surface area contributed by atoms with Crippen molar-refractivity contribution in [1.82, 2.24) is 0 Å². The minimum absolute atomic E-state index is 0.0895. The summed E-state index contributed by atoms with van der Waals surface area (Å²) in [5, 5.41) is 0. The summed E-state index contributed by atoms with van der Waals surface area (Å²) in [5.41, 5.74) is 5.56. The SMILES string of the molecule is CCCCCC(=O)C1(CN)CCC1. The molecule has 0 aliphatic heterocycles. The maximum absolute atomic E-state index is 11.8. The molecule has 2 N–H and O–H groups in total. The molecule has 1 aliphatic rings. The topological polar surface area (TPSA) is 43.1 Å². The van der Waals surface area contributed by atoms with E-state index in [0.717, 1.165) is 25.7 Å². The van der Waals surface area contributed by atoms with Crippen molar-refractivity contribution in [3.8, 4) is 0 Å². The predicted molar refractivity (Wildman–Crippen MR) is 54.5 cm³/mol. The van der Waals surface area contributed by atoms with Crippen LogP contribution < -0.4 is 5.73 Å². The van der Waals surface area contributed by atoms with E-state index in [4.69, 9.17) is 5.73 Å². The van der Waals surface area contributed by atoms with Crippen LogP contribution in [0, 0.1) is 5.41 Å². The van der Waals surface area contributed by atoms with Crippen molar-refractivity contribution >= 4 is 5.78 Å². The van der Waals surface area contributed by atoms with Gasteiger partial charge in [0.25, 0.3) is 0 Å². The van der Waals surface area contributed by atoms with E-state index in [2.05, 4.69) is 6.92 Å². The Bertz CT molecular complexity index is 167. The third-order valence-corrected chi connectivity index (χ3v) is 3.30. The molecule has 1 saturated carbocycles. The fraction of sp³-hybridized carbons (Fsp3) is 0.909. The Balaban J connectivity index is 2.28. The molecule has 1 rings (SSSR count). The molecular weight excluding hydrogens is 162 g/mol. The molecule has 2 heteroatoms. The maximum atomic E-state index is 11.8. The number of ketones is 1. The van der Waals surface area contributed by atoms with Gasteiger partial charge in [-0.2, -0.15) is 0 Å². The number of hydrogen-bond acceptors (Lipinski definition) is 2. The zero-order valence-electron chi connectivity index (χ0n) is 8.64. The Morgan fingerprint density at radius 1 is 1.38 bits per heavy atom. The first kappa shape index (κ1) is 10.7. The van der Waals surface area contributed by atoms with Gasteiger partial charge in [-0.3, -0.25) is 4.79 Å². The van der Waals surface area contributed by atoms with Crippen molar-refractivity contribution in [2.75, 3.05) is 6.54 Å². The fourth-order valence-electron chi connectivity index (χ4n) is 2.00. The summed E-state index contributed by atoms with van der Waals surface area (Å²) in [6, 6.07) is 0. The number of carbonyl (C=O) groups is 1. The smallest absolute Gasteiger partial charge is 0.140 e. The van der Waals surface area contributed by atoms with Gasteiger partial charge in [-0.15, -0.1) is 0 Å². The maximum Gasteiger partial charge on any atom is 0.140 e. The van der Waals surface area contributed by atoms with E-state index in [1.165, 1.54) is 19.3 Å². The Morgan fingerprint density at radius 3 is 2.46 bits per heavy atom. The lowest BCUT2D eigenvalue weighted by Gasteiger charge is -2.39. The van der Waals surface area contributed by atoms with Crippen LogP contribution in [-0.2, 0) is 4.79 Å². The van der Waals surface area contributed by atoms with Gasteiger partial charge in [0.1, 0.15) is 5.78 Å². The number of nitrogens with two attached hydrogens (primary N) is 1. The van der Waals surface area contributed by atoms with Crippen LogP contribution in [0.4, 0.5) is 0 Å². The summed E-state index contributed by atoms with van der Waals surface area (Å²) >= 11 is 0. The lowest BCUT2D eigenvalue weighted by atomic mass is 9.65. The summed E-state index contributed by atoms with van der Waals surface area (Å²) in [5.74, 6) is 0.426. The van der Waals surface area contributed by atoms with E-state index >= 15 is 0 Å². The second-order valence-electron chi connectivity index (χ2n) is 4.22. The number of carbonyl (C=O) groups excluding carboxylic acids is 1. The normalized spacial score (nSPS) is 19.5. The van der Waals surface area contributed by atoms with E-state index in [-0.39, 0.29) is 5.41 Å². The highest BCUT2D eigenvalue weighted by Gasteiger charge is 2.41. The van der Waals surface area contributed by atoms with Crippen LogP contribution in [0.1, 0.15) is 51.9 Å². The summed E-state index contributed by atoms with van der Waals surface area (Å²) in [4.78, 5) is 11.8. The Labute approximate surface area is 80.9 Å². The van der Waals surface area contributed by atoms with E-state index in [1.807, 2.05) is 0 Å². The Kier molecular flexibility index (Phi) is 3.91. The molecule has 0 radical (unpaired) electrons. The molecule has 0 aromatic carbocycles. The molecule has 0 amide bonds.